The molecule has 0 N–H and O–H groups in total. The highest BCUT2D eigenvalue weighted by Gasteiger charge is 2.08. The van der Waals surface area contributed by atoms with E-state index in [1.54, 1.807) is 0 Å². The lowest BCUT2D eigenvalue weighted by Gasteiger charge is -2.22. The van der Waals surface area contributed by atoms with E-state index in [0.29, 0.717) is 39.1 Å². The van der Waals surface area contributed by atoms with Crippen molar-refractivity contribution in [3.63, 3.8) is 0 Å². The fourth-order valence-corrected chi connectivity index (χ4v) is 2.36. The Hall–Kier alpha value is -0.190. The highest BCUT2D eigenvalue weighted by atomic mass is 79.9. The van der Waals surface area contributed by atoms with Crippen molar-refractivity contribution in [1.82, 2.24) is 4.90 Å². The number of nitrogens with zero attached hydrogens (tertiary/aromatic N) is 1. The van der Waals surface area contributed by atoms with Crippen LogP contribution in [0.1, 0.15) is 19.3 Å². The highest BCUT2D eigenvalue weighted by molar-refractivity contribution is 9.09. The van der Waals surface area contributed by atoms with E-state index in [1.165, 1.54) is 0 Å². The molecule has 0 unspecified atom stereocenters. The molecular formula is C15H24Br3NO6. The topological polar surface area (TPSA) is 82.1 Å². The van der Waals surface area contributed by atoms with Crippen molar-refractivity contribution >= 4 is 65.7 Å². The van der Waals surface area contributed by atoms with Crippen molar-refractivity contribution in [2.45, 2.75) is 19.3 Å². The largest absolute Gasteiger partial charge is 0.465 e. The number of ether oxygens (including phenoxy) is 3. The molecule has 0 saturated carbocycles. The minimum Gasteiger partial charge on any atom is -0.465 e. The van der Waals surface area contributed by atoms with Gasteiger partial charge in [0, 0.05) is 19.6 Å². The average Bonchev–Trinajstić information content (AvgIpc) is 2.63. The van der Waals surface area contributed by atoms with Gasteiger partial charge in [0.1, 0.15) is 16.0 Å². The third kappa shape index (κ3) is 15.8. The Bertz CT molecular complexity index is 340. The highest BCUT2D eigenvalue weighted by Crippen LogP contribution is 2.00. The molecule has 0 aromatic carbocycles. The van der Waals surface area contributed by atoms with E-state index in [0.717, 1.165) is 19.6 Å². The summed E-state index contributed by atoms with van der Waals surface area (Å²) in [7, 11) is 0. The second-order valence-corrected chi connectivity index (χ2v) is 6.65. The Morgan fingerprint density at radius 2 is 0.880 bits per heavy atom. The van der Waals surface area contributed by atoms with Crippen LogP contribution < -0.4 is 0 Å². The predicted octanol–water partition coefficient (Wildman–Crippen LogP) is 2.27. The monoisotopic (exact) mass is 551 g/mol. The molecule has 0 rings (SSSR count). The van der Waals surface area contributed by atoms with Crippen molar-refractivity contribution < 1.29 is 28.6 Å². The maximum absolute atomic E-state index is 11.1. The first-order chi connectivity index (χ1) is 12.0. The Balaban J connectivity index is 4.05. The minimum absolute atomic E-state index is 0.189. The molecule has 0 aromatic heterocycles. The molecule has 0 spiro atoms. The molecule has 146 valence electrons. The van der Waals surface area contributed by atoms with E-state index in [2.05, 4.69) is 52.7 Å². The minimum atomic E-state index is -0.282. The second kappa shape index (κ2) is 17.2. The van der Waals surface area contributed by atoms with Crippen molar-refractivity contribution in [3.05, 3.63) is 0 Å². The molecule has 0 aliphatic carbocycles. The Labute approximate surface area is 173 Å². The van der Waals surface area contributed by atoms with Crippen LogP contribution in [0.3, 0.4) is 0 Å². The summed E-state index contributed by atoms with van der Waals surface area (Å²) in [5.41, 5.74) is 0. The van der Waals surface area contributed by atoms with Gasteiger partial charge in [0.05, 0.1) is 19.8 Å². The lowest BCUT2D eigenvalue weighted by atomic mass is 10.3. The van der Waals surface area contributed by atoms with Gasteiger partial charge in [-0.05, 0) is 19.3 Å². The summed E-state index contributed by atoms with van der Waals surface area (Å²) in [6.45, 7) is 3.31. The number of carbonyl (C=O) groups is 3. The van der Waals surface area contributed by atoms with E-state index < -0.39 is 0 Å². The molecule has 0 fully saturated rings. The van der Waals surface area contributed by atoms with Crippen LogP contribution in [0, 0.1) is 0 Å². The number of esters is 3. The molecule has 0 amide bonds. The fourth-order valence-electron chi connectivity index (χ4n) is 1.87. The lowest BCUT2D eigenvalue weighted by molar-refractivity contribution is -0.141. The lowest BCUT2D eigenvalue weighted by Crippen LogP contribution is -2.30. The summed E-state index contributed by atoms with van der Waals surface area (Å²) < 4.78 is 15.1. The van der Waals surface area contributed by atoms with Crippen LogP contribution in [0.2, 0.25) is 0 Å². The maximum Gasteiger partial charge on any atom is 0.316 e. The molecule has 0 aromatic rings. The van der Waals surface area contributed by atoms with Gasteiger partial charge in [-0.1, -0.05) is 47.8 Å². The molecule has 0 atom stereocenters. The zero-order chi connectivity index (χ0) is 18.9. The molecule has 10 heteroatoms. The average molecular weight is 554 g/mol. The Morgan fingerprint density at radius 3 is 1.12 bits per heavy atom. The van der Waals surface area contributed by atoms with E-state index in [4.69, 9.17) is 14.2 Å². The number of halogens is 3. The zero-order valence-corrected chi connectivity index (χ0v) is 18.8. The molecule has 0 aliphatic rings. The van der Waals surface area contributed by atoms with Crippen LogP contribution in [-0.4, -0.2) is 78.3 Å². The van der Waals surface area contributed by atoms with E-state index in [-0.39, 0.29) is 33.9 Å². The van der Waals surface area contributed by atoms with Gasteiger partial charge in [-0.15, -0.1) is 0 Å². The van der Waals surface area contributed by atoms with Crippen molar-refractivity contribution in [2.75, 3.05) is 55.4 Å². The van der Waals surface area contributed by atoms with E-state index >= 15 is 0 Å². The smallest absolute Gasteiger partial charge is 0.316 e. The summed E-state index contributed by atoms with van der Waals surface area (Å²) in [5.74, 6) is -0.847. The van der Waals surface area contributed by atoms with Gasteiger partial charge < -0.3 is 19.1 Å². The molecule has 0 heterocycles. The van der Waals surface area contributed by atoms with Crippen LogP contribution in [0.15, 0.2) is 0 Å². The number of hydrogen-bond donors (Lipinski definition) is 0. The van der Waals surface area contributed by atoms with Gasteiger partial charge in [0.25, 0.3) is 0 Å². The normalized spacial score (nSPS) is 10.6. The van der Waals surface area contributed by atoms with Gasteiger partial charge in [-0.25, -0.2) is 0 Å². The standard InChI is InChI=1S/C15H24Br3NO6/c16-10-13(20)23-7-1-4-19(5-2-8-24-14(21)11-17)6-3-9-25-15(22)12-18/h1-12H2. The zero-order valence-electron chi connectivity index (χ0n) is 14.0. The molecule has 0 aliphatic heterocycles. The quantitative estimate of drug-likeness (QED) is 0.133. The van der Waals surface area contributed by atoms with Gasteiger partial charge in [-0.3, -0.25) is 14.4 Å². The first kappa shape index (κ1) is 24.8. The van der Waals surface area contributed by atoms with Crippen LogP contribution in [0.5, 0.6) is 0 Å². The van der Waals surface area contributed by atoms with E-state index in [9.17, 15) is 14.4 Å². The number of carbonyl (C=O) groups excluding carboxylic acids is 3. The van der Waals surface area contributed by atoms with Gasteiger partial charge in [0.2, 0.25) is 0 Å². The molecule has 0 saturated heterocycles. The van der Waals surface area contributed by atoms with Crippen molar-refractivity contribution in [1.29, 1.82) is 0 Å². The van der Waals surface area contributed by atoms with Crippen LogP contribution in [-0.2, 0) is 28.6 Å². The molecule has 25 heavy (non-hydrogen) atoms. The van der Waals surface area contributed by atoms with Crippen molar-refractivity contribution in [2.24, 2.45) is 0 Å². The van der Waals surface area contributed by atoms with Crippen LogP contribution >= 0.6 is 47.8 Å². The number of rotatable bonds is 15. The second-order valence-electron chi connectivity index (χ2n) is 4.96. The SMILES string of the molecule is O=C(CBr)OCCCN(CCCOC(=O)CBr)CCCOC(=O)CBr. The Morgan fingerprint density at radius 1 is 0.600 bits per heavy atom. The maximum atomic E-state index is 11.1. The van der Waals surface area contributed by atoms with Gasteiger partial charge >= 0.3 is 17.9 Å². The first-order valence-corrected chi connectivity index (χ1v) is 11.3. The predicted molar refractivity (Wildman–Crippen MR) is 105 cm³/mol. The molecule has 0 bridgehead atoms. The summed E-state index contributed by atoms with van der Waals surface area (Å²) >= 11 is 9.12. The van der Waals surface area contributed by atoms with Gasteiger partial charge in [-0.2, -0.15) is 0 Å². The number of hydrogen-bond acceptors (Lipinski definition) is 7. The Kier molecular flexibility index (Phi) is 17.1. The first-order valence-electron chi connectivity index (χ1n) is 7.90. The summed E-state index contributed by atoms with van der Waals surface area (Å²) in [5, 5.41) is 0.567. The molecule has 0 radical (unpaired) electrons. The van der Waals surface area contributed by atoms with Crippen molar-refractivity contribution in [3.8, 4) is 0 Å². The number of alkyl halides is 3. The van der Waals surface area contributed by atoms with Crippen LogP contribution in [0.4, 0.5) is 0 Å². The molecular weight excluding hydrogens is 530 g/mol. The fraction of sp³-hybridized carbons (Fsp3) is 0.800. The van der Waals surface area contributed by atoms with Gasteiger partial charge in [0.15, 0.2) is 0 Å². The third-order valence-electron chi connectivity index (χ3n) is 2.97. The molecule has 7 nitrogen and oxygen atoms in total. The van der Waals surface area contributed by atoms with Crippen LogP contribution in [0.25, 0.3) is 0 Å². The third-order valence-corrected chi connectivity index (χ3v) is 4.35. The summed E-state index contributed by atoms with van der Waals surface area (Å²) in [4.78, 5) is 35.4. The van der Waals surface area contributed by atoms with E-state index in [1.807, 2.05) is 0 Å². The summed E-state index contributed by atoms with van der Waals surface area (Å²) in [6.07, 6.45) is 2.13. The summed E-state index contributed by atoms with van der Waals surface area (Å²) in [6, 6.07) is 0.